The molecule has 1 aromatic heterocycles. The third kappa shape index (κ3) is 1.62. The van der Waals surface area contributed by atoms with Crippen LogP contribution in [-0.2, 0) is 17.8 Å². The van der Waals surface area contributed by atoms with Gasteiger partial charge in [0.05, 0.1) is 5.92 Å². The first-order chi connectivity index (χ1) is 8.15. The molecule has 88 valence electrons. The second-order valence-corrected chi connectivity index (χ2v) is 4.88. The molecule has 0 radical (unpaired) electrons. The van der Waals surface area contributed by atoms with Crippen molar-refractivity contribution < 1.29 is 9.90 Å². The fourth-order valence-electron chi connectivity index (χ4n) is 2.73. The predicted octanol–water partition coefficient (Wildman–Crippen LogP) is 2.60. The SMILES string of the molecule is Cc1ccc2c(c1)cc1n2CCC(C(=O)O)C1. The Kier molecular flexibility index (Phi) is 2.21. The van der Waals surface area contributed by atoms with Crippen molar-refractivity contribution in [2.45, 2.75) is 26.3 Å². The summed E-state index contributed by atoms with van der Waals surface area (Å²) in [7, 11) is 0. The van der Waals surface area contributed by atoms with Gasteiger partial charge in [-0.05, 0) is 31.5 Å². The highest BCUT2D eigenvalue weighted by Gasteiger charge is 2.25. The Balaban J connectivity index is 2.09. The lowest BCUT2D eigenvalue weighted by molar-refractivity contribution is -0.142. The van der Waals surface area contributed by atoms with Crippen molar-refractivity contribution in [3.8, 4) is 0 Å². The van der Waals surface area contributed by atoms with Crippen molar-refractivity contribution in [1.29, 1.82) is 0 Å². The predicted molar refractivity (Wildman–Crippen MR) is 66.1 cm³/mol. The molecule has 1 aliphatic rings. The minimum atomic E-state index is -0.669. The molecule has 17 heavy (non-hydrogen) atoms. The number of aryl methyl sites for hydroxylation is 2. The van der Waals surface area contributed by atoms with E-state index in [9.17, 15) is 4.79 Å². The lowest BCUT2D eigenvalue weighted by atomic mass is 9.96. The molecule has 0 spiro atoms. The molecule has 0 fully saturated rings. The van der Waals surface area contributed by atoms with E-state index in [0.29, 0.717) is 6.42 Å². The summed E-state index contributed by atoms with van der Waals surface area (Å²) in [5.41, 5.74) is 3.63. The number of benzene rings is 1. The second kappa shape index (κ2) is 3.62. The van der Waals surface area contributed by atoms with Crippen molar-refractivity contribution in [3.63, 3.8) is 0 Å². The molecule has 3 heteroatoms. The monoisotopic (exact) mass is 229 g/mol. The molecule has 0 bridgehead atoms. The first-order valence-corrected chi connectivity index (χ1v) is 5.97. The van der Waals surface area contributed by atoms with Crippen LogP contribution in [0.2, 0.25) is 0 Å². The number of rotatable bonds is 1. The Morgan fingerprint density at radius 1 is 1.41 bits per heavy atom. The second-order valence-electron chi connectivity index (χ2n) is 4.88. The summed E-state index contributed by atoms with van der Waals surface area (Å²) in [5, 5.41) is 10.3. The number of aromatic nitrogens is 1. The van der Waals surface area contributed by atoms with E-state index in [4.69, 9.17) is 5.11 Å². The number of carboxylic acid groups (broad SMARTS) is 1. The molecule has 0 saturated carbocycles. The third-order valence-corrected chi connectivity index (χ3v) is 3.65. The normalized spacial score (nSPS) is 19.2. The molecule has 0 saturated heterocycles. The van der Waals surface area contributed by atoms with E-state index in [1.807, 2.05) is 0 Å². The van der Waals surface area contributed by atoms with Crippen LogP contribution in [0.25, 0.3) is 10.9 Å². The van der Waals surface area contributed by atoms with Crippen molar-refractivity contribution >= 4 is 16.9 Å². The first-order valence-electron chi connectivity index (χ1n) is 5.97. The van der Waals surface area contributed by atoms with Gasteiger partial charge in [-0.15, -0.1) is 0 Å². The van der Waals surface area contributed by atoms with Crippen LogP contribution < -0.4 is 0 Å². The maximum Gasteiger partial charge on any atom is 0.306 e. The van der Waals surface area contributed by atoms with Gasteiger partial charge in [0.25, 0.3) is 0 Å². The largest absolute Gasteiger partial charge is 0.481 e. The van der Waals surface area contributed by atoms with Gasteiger partial charge in [-0.25, -0.2) is 0 Å². The van der Waals surface area contributed by atoms with Gasteiger partial charge in [-0.1, -0.05) is 11.6 Å². The molecule has 1 aromatic carbocycles. The number of carbonyl (C=O) groups is 1. The number of hydrogen-bond acceptors (Lipinski definition) is 1. The smallest absolute Gasteiger partial charge is 0.306 e. The Morgan fingerprint density at radius 2 is 2.24 bits per heavy atom. The van der Waals surface area contributed by atoms with E-state index in [0.717, 1.165) is 18.7 Å². The summed E-state index contributed by atoms with van der Waals surface area (Å²) in [6.07, 6.45) is 1.39. The highest BCUT2D eigenvalue weighted by molar-refractivity contribution is 5.82. The standard InChI is InChI=1S/C14H15NO2/c1-9-2-3-13-11(6-9)8-12-7-10(14(16)17)4-5-15(12)13/h2-3,6,8,10H,4-5,7H2,1H3,(H,16,17). The molecule has 0 amide bonds. The summed E-state index contributed by atoms with van der Waals surface area (Å²) >= 11 is 0. The molecule has 1 unspecified atom stereocenters. The molecule has 3 rings (SSSR count). The average Bonchev–Trinajstić information content (AvgIpc) is 2.64. The third-order valence-electron chi connectivity index (χ3n) is 3.65. The summed E-state index contributed by atoms with van der Waals surface area (Å²) in [6.45, 7) is 2.90. The van der Waals surface area contributed by atoms with E-state index in [1.165, 1.54) is 16.5 Å². The van der Waals surface area contributed by atoms with E-state index in [2.05, 4.69) is 35.8 Å². The van der Waals surface area contributed by atoms with Crippen molar-refractivity contribution in [2.24, 2.45) is 5.92 Å². The van der Waals surface area contributed by atoms with E-state index >= 15 is 0 Å². The van der Waals surface area contributed by atoms with Gasteiger partial charge in [0.2, 0.25) is 0 Å². The Bertz CT molecular complexity index is 598. The van der Waals surface area contributed by atoms with Gasteiger partial charge in [-0.3, -0.25) is 4.79 Å². The van der Waals surface area contributed by atoms with Crippen LogP contribution in [-0.4, -0.2) is 15.6 Å². The molecule has 1 aliphatic heterocycles. The van der Waals surface area contributed by atoms with Crippen LogP contribution in [0.3, 0.4) is 0 Å². The minimum Gasteiger partial charge on any atom is -0.481 e. The maximum absolute atomic E-state index is 11.0. The number of carboxylic acids is 1. The van der Waals surface area contributed by atoms with Crippen molar-refractivity contribution in [3.05, 3.63) is 35.5 Å². The quantitative estimate of drug-likeness (QED) is 0.816. The summed E-state index contributed by atoms with van der Waals surface area (Å²) < 4.78 is 2.26. The lowest BCUT2D eigenvalue weighted by Crippen LogP contribution is -2.24. The van der Waals surface area contributed by atoms with Crippen LogP contribution in [0, 0.1) is 12.8 Å². The average molecular weight is 229 g/mol. The first kappa shape index (κ1) is 10.4. The summed E-state index contributed by atoms with van der Waals surface area (Å²) in [6, 6.07) is 8.54. The highest BCUT2D eigenvalue weighted by Crippen LogP contribution is 2.28. The van der Waals surface area contributed by atoms with Crippen LogP contribution in [0.1, 0.15) is 17.7 Å². The minimum absolute atomic E-state index is 0.215. The van der Waals surface area contributed by atoms with E-state index in [1.54, 1.807) is 0 Å². The molecular weight excluding hydrogens is 214 g/mol. The van der Waals surface area contributed by atoms with Crippen LogP contribution in [0.5, 0.6) is 0 Å². The van der Waals surface area contributed by atoms with Gasteiger partial charge in [0, 0.05) is 29.6 Å². The van der Waals surface area contributed by atoms with Crippen LogP contribution in [0.15, 0.2) is 24.3 Å². The summed E-state index contributed by atoms with van der Waals surface area (Å²) in [4.78, 5) is 11.0. The summed E-state index contributed by atoms with van der Waals surface area (Å²) in [5.74, 6) is -0.884. The molecule has 2 aromatic rings. The van der Waals surface area contributed by atoms with Crippen molar-refractivity contribution in [2.75, 3.05) is 0 Å². The van der Waals surface area contributed by atoms with Crippen molar-refractivity contribution in [1.82, 2.24) is 4.57 Å². The molecule has 2 heterocycles. The van der Waals surface area contributed by atoms with E-state index < -0.39 is 5.97 Å². The van der Waals surface area contributed by atoms with Crippen LogP contribution in [0.4, 0.5) is 0 Å². The molecule has 1 atom stereocenters. The number of hydrogen-bond donors (Lipinski definition) is 1. The Morgan fingerprint density at radius 3 is 3.00 bits per heavy atom. The van der Waals surface area contributed by atoms with Crippen LogP contribution >= 0.6 is 0 Å². The van der Waals surface area contributed by atoms with Gasteiger partial charge in [0.1, 0.15) is 0 Å². The maximum atomic E-state index is 11.0. The van der Waals surface area contributed by atoms with Gasteiger partial charge in [0.15, 0.2) is 0 Å². The fourth-order valence-corrected chi connectivity index (χ4v) is 2.73. The Labute approximate surface area is 99.7 Å². The molecule has 1 N–H and O–H groups in total. The zero-order valence-corrected chi connectivity index (χ0v) is 9.81. The molecule has 0 aliphatic carbocycles. The number of nitrogens with zero attached hydrogens (tertiary/aromatic N) is 1. The van der Waals surface area contributed by atoms with Gasteiger partial charge >= 0.3 is 5.97 Å². The van der Waals surface area contributed by atoms with Gasteiger partial charge in [-0.2, -0.15) is 0 Å². The zero-order valence-electron chi connectivity index (χ0n) is 9.81. The van der Waals surface area contributed by atoms with E-state index in [-0.39, 0.29) is 5.92 Å². The highest BCUT2D eigenvalue weighted by atomic mass is 16.4. The Hall–Kier alpha value is -1.77. The fraction of sp³-hybridized carbons (Fsp3) is 0.357. The molecule has 3 nitrogen and oxygen atoms in total. The lowest BCUT2D eigenvalue weighted by Gasteiger charge is -2.21. The topological polar surface area (TPSA) is 42.2 Å². The zero-order chi connectivity index (χ0) is 12.0. The van der Waals surface area contributed by atoms with Gasteiger partial charge < -0.3 is 9.67 Å². The number of aliphatic carboxylic acids is 1. The molecular formula is C14H15NO2. The number of fused-ring (bicyclic) bond motifs is 3.